The number of halogens is 1. The Hall–Kier alpha value is -1.94. The van der Waals surface area contributed by atoms with Crippen molar-refractivity contribution in [2.75, 3.05) is 0 Å². The number of nitrogens with zero attached hydrogens (tertiary/aromatic N) is 2. The lowest BCUT2D eigenvalue weighted by Crippen LogP contribution is -2.26. The quantitative estimate of drug-likeness (QED) is 0.880. The van der Waals surface area contributed by atoms with Crippen molar-refractivity contribution < 1.29 is 4.79 Å². The van der Waals surface area contributed by atoms with E-state index in [0.29, 0.717) is 10.7 Å². The van der Waals surface area contributed by atoms with E-state index in [1.807, 2.05) is 26.0 Å². The molecule has 1 amide bonds. The van der Waals surface area contributed by atoms with Gasteiger partial charge in [0.15, 0.2) is 0 Å². The van der Waals surface area contributed by atoms with Crippen molar-refractivity contribution in [3.05, 3.63) is 58.6 Å². The molecular formula is C15H16ClN3O. The number of carbonyl (C=O) groups is 1. The molecule has 0 spiro atoms. The van der Waals surface area contributed by atoms with Gasteiger partial charge in [0, 0.05) is 23.7 Å². The summed E-state index contributed by atoms with van der Waals surface area (Å²) < 4.78 is 0. The van der Waals surface area contributed by atoms with Crippen LogP contribution >= 0.6 is 11.6 Å². The summed E-state index contributed by atoms with van der Waals surface area (Å²) in [4.78, 5) is 20.3. The van der Waals surface area contributed by atoms with Gasteiger partial charge in [-0.2, -0.15) is 0 Å². The van der Waals surface area contributed by atoms with Crippen LogP contribution < -0.4 is 5.32 Å². The van der Waals surface area contributed by atoms with Gasteiger partial charge in [0.25, 0.3) is 5.91 Å². The van der Waals surface area contributed by atoms with Crippen molar-refractivity contribution in [3.8, 4) is 0 Å². The maximum atomic E-state index is 12.2. The molecule has 1 unspecified atom stereocenters. The van der Waals surface area contributed by atoms with Gasteiger partial charge in [0.05, 0.1) is 6.04 Å². The number of aryl methyl sites for hydroxylation is 1. The van der Waals surface area contributed by atoms with E-state index in [4.69, 9.17) is 11.6 Å². The number of carbonyl (C=O) groups excluding carboxylic acids is 1. The van der Waals surface area contributed by atoms with Crippen LogP contribution in [0.2, 0.25) is 5.15 Å². The first-order valence-electron chi connectivity index (χ1n) is 6.47. The SMILES string of the molecule is CCc1cc(C(=O)NC(C)c2ccncc2)cc(Cl)n1. The first-order chi connectivity index (χ1) is 9.60. The number of aromatic nitrogens is 2. The van der Waals surface area contributed by atoms with Gasteiger partial charge in [-0.15, -0.1) is 0 Å². The summed E-state index contributed by atoms with van der Waals surface area (Å²) in [6.07, 6.45) is 4.15. The Labute approximate surface area is 123 Å². The van der Waals surface area contributed by atoms with E-state index < -0.39 is 0 Å². The molecule has 0 fully saturated rings. The number of pyridine rings is 2. The zero-order valence-corrected chi connectivity index (χ0v) is 12.2. The molecule has 0 bridgehead atoms. The molecule has 0 saturated heterocycles. The highest BCUT2D eigenvalue weighted by molar-refractivity contribution is 6.29. The molecule has 2 aromatic heterocycles. The number of hydrogen-bond donors (Lipinski definition) is 1. The first-order valence-corrected chi connectivity index (χ1v) is 6.85. The lowest BCUT2D eigenvalue weighted by Gasteiger charge is -2.14. The summed E-state index contributed by atoms with van der Waals surface area (Å²) in [6, 6.07) is 7.00. The Morgan fingerprint density at radius 1 is 1.35 bits per heavy atom. The molecule has 20 heavy (non-hydrogen) atoms. The lowest BCUT2D eigenvalue weighted by atomic mass is 10.1. The van der Waals surface area contributed by atoms with Gasteiger partial charge in [0.1, 0.15) is 5.15 Å². The molecule has 0 aliphatic heterocycles. The second-order valence-corrected chi connectivity index (χ2v) is 4.89. The molecule has 0 radical (unpaired) electrons. The Bertz CT molecular complexity index is 601. The predicted octanol–water partition coefficient (Wildman–Crippen LogP) is 3.18. The van der Waals surface area contributed by atoms with Crippen molar-refractivity contribution in [1.82, 2.24) is 15.3 Å². The summed E-state index contributed by atoms with van der Waals surface area (Å²) in [5, 5.41) is 3.28. The van der Waals surface area contributed by atoms with Gasteiger partial charge in [0.2, 0.25) is 0 Å². The molecule has 0 aliphatic carbocycles. The van der Waals surface area contributed by atoms with Gasteiger partial charge in [-0.25, -0.2) is 4.98 Å². The Morgan fingerprint density at radius 3 is 2.70 bits per heavy atom. The van der Waals surface area contributed by atoms with E-state index in [1.165, 1.54) is 0 Å². The van der Waals surface area contributed by atoms with Crippen LogP contribution in [-0.4, -0.2) is 15.9 Å². The van der Waals surface area contributed by atoms with Crippen molar-refractivity contribution in [2.24, 2.45) is 0 Å². The molecular weight excluding hydrogens is 274 g/mol. The molecule has 0 aromatic carbocycles. The number of nitrogens with one attached hydrogen (secondary N) is 1. The summed E-state index contributed by atoms with van der Waals surface area (Å²) in [5.41, 5.74) is 2.34. The van der Waals surface area contributed by atoms with Crippen LogP contribution in [0.1, 0.15) is 41.5 Å². The molecule has 4 nitrogen and oxygen atoms in total. The van der Waals surface area contributed by atoms with Crippen molar-refractivity contribution >= 4 is 17.5 Å². The largest absolute Gasteiger partial charge is 0.346 e. The van der Waals surface area contributed by atoms with Gasteiger partial charge in [-0.3, -0.25) is 9.78 Å². The summed E-state index contributed by atoms with van der Waals surface area (Å²) >= 11 is 5.93. The van der Waals surface area contributed by atoms with E-state index in [0.717, 1.165) is 17.7 Å². The van der Waals surface area contributed by atoms with Crippen molar-refractivity contribution in [2.45, 2.75) is 26.3 Å². The number of rotatable bonds is 4. The monoisotopic (exact) mass is 289 g/mol. The summed E-state index contributed by atoms with van der Waals surface area (Å²) in [7, 11) is 0. The van der Waals surface area contributed by atoms with E-state index in [1.54, 1.807) is 24.5 Å². The van der Waals surface area contributed by atoms with E-state index in [9.17, 15) is 4.79 Å². The van der Waals surface area contributed by atoms with E-state index >= 15 is 0 Å². The zero-order valence-electron chi connectivity index (χ0n) is 11.4. The fourth-order valence-electron chi connectivity index (χ4n) is 1.88. The average Bonchev–Trinajstić information content (AvgIpc) is 2.47. The Morgan fingerprint density at radius 2 is 2.05 bits per heavy atom. The smallest absolute Gasteiger partial charge is 0.251 e. The standard InChI is InChI=1S/C15H16ClN3O/c1-3-13-8-12(9-14(16)19-13)15(20)18-10(2)11-4-6-17-7-5-11/h4-10H,3H2,1-2H3,(H,18,20). The van der Waals surface area contributed by atoms with Crippen molar-refractivity contribution in [3.63, 3.8) is 0 Å². The fraction of sp³-hybridized carbons (Fsp3) is 0.267. The molecule has 2 aromatic rings. The van der Waals surface area contributed by atoms with Gasteiger partial charge in [-0.05, 0) is 43.2 Å². The predicted molar refractivity (Wildman–Crippen MR) is 78.7 cm³/mol. The lowest BCUT2D eigenvalue weighted by molar-refractivity contribution is 0.0939. The first kappa shape index (κ1) is 14.5. The molecule has 0 aliphatic rings. The Balaban J connectivity index is 2.14. The van der Waals surface area contributed by atoms with Gasteiger partial charge >= 0.3 is 0 Å². The Kier molecular flexibility index (Phi) is 4.69. The highest BCUT2D eigenvalue weighted by Crippen LogP contribution is 2.14. The number of hydrogen-bond acceptors (Lipinski definition) is 3. The van der Waals surface area contributed by atoms with Crippen LogP contribution in [0.25, 0.3) is 0 Å². The number of amides is 1. The molecule has 104 valence electrons. The topological polar surface area (TPSA) is 54.9 Å². The highest BCUT2D eigenvalue weighted by Gasteiger charge is 2.13. The maximum Gasteiger partial charge on any atom is 0.251 e. The molecule has 5 heteroatoms. The molecule has 2 rings (SSSR count). The van der Waals surface area contributed by atoms with Crippen LogP contribution in [-0.2, 0) is 6.42 Å². The normalized spacial score (nSPS) is 11.9. The average molecular weight is 290 g/mol. The van der Waals surface area contributed by atoms with E-state index in [2.05, 4.69) is 15.3 Å². The summed E-state index contributed by atoms with van der Waals surface area (Å²) in [5.74, 6) is -0.159. The second kappa shape index (κ2) is 6.48. The molecule has 1 N–H and O–H groups in total. The van der Waals surface area contributed by atoms with Crippen molar-refractivity contribution in [1.29, 1.82) is 0 Å². The zero-order chi connectivity index (χ0) is 14.5. The third-order valence-electron chi connectivity index (χ3n) is 3.03. The minimum Gasteiger partial charge on any atom is -0.346 e. The van der Waals surface area contributed by atoms with Crippen LogP contribution in [0.3, 0.4) is 0 Å². The third kappa shape index (κ3) is 3.54. The summed E-state index contributed by atoms with van der Waals surface area (Å²) in [6.45, 7) is 3.90. The molecule has 0 saturated carbocycles. The van der Waals surface area contributed by atoms with Gasteiger partial charge < -0.3 is 5.32 Å². The van der Waals surface area contributed by atoms with Crippen LogP contribution in [0.5, 0.6) is 0 Å². The fourth-order valence-corrected chi connectivity index (χ4v) is 2.10. The highest BCUT2D eigenvalue weighted by atomic mass is 35.5. The maximum absolute atomic E-state index is 12.2. The van der Waals surface area contributed by atoms with Crippen LogP contribution in [0.4, 0.5) is 0 Å². The van der Waals surface area contributed by atoms with Crippen LogP contribution in [0, 0.1) is 0 Å². The minimum absolute atomic E-state index is 0.0949. The minimum atomic E-state index is -0.159. The van der Waals surface area contributed by atoms with Gasteiger partial charge in [-0.1, -0.05) is 18.5 Å². The molecule has 1 atom stereocenters. The third-order valence-corrected chi connectivity index (χ3v) is 3.22. The second-order valence-electron chi connectivity index (χ2n) is 4.50. The molecule has 2 heterocycles. The van der Waals surface area contributed by atoms with E-state index in [-0.39, 0.29) is 11.9 Å². The van der Waals surface area contributed by atoms with Crippen LogP contribution in [0.15, 0.2) is 36.7 Å².